The molecule has 0 unspecified atom stereocenters. The van der Waals surface area contributed by atoms with E-state index in [1.807, 2.05) is 26.0 Å². The molecule has 0 atom stereocenters. The number of aryl methyl sites for hydroxylation is 6. The molecular formula is C65H49N5. The Labute approximate surface area is 408 Å². The number of rotatable bonds is 7. The van der Waals surface area contributed by atoms with Crippen molar-refractivity contribution in [1.29, 1.82) is 5.26 Å². The highest BCUT2D eigenvalue weighted by molar-refractivity contribution is 6.14. The molecule has 0 aliphatic rings. The van der Waals surface area contributed by atoms with Gasteiger partial charge in [-0.1, -0.05) is 144 Å². The predicted octanol–water partition coefficient (Wildman–Crippen LogP) is 16.7. The zero-order chi connectivity index (χ0) is 47.8. The largest absolute Gasteiger partial charge is 0.308 e. The van der Waals surface area contributed by atoms with Gasteiger partial charge in [0.15, 0.2) is 0 Å². The molecule has 0 aliphatic heterocycles. The lowest BCUT2D eigenvalue weighted by molar-refractivity contribution is 1.01. The standard InChI is InChI=1S/C65H49N5/c1-39-7-15-46(16-8-39)50-23-27-59-54(34-50)55-35-51(47-17-9-40(2)10-18-47)24-28-60(55)69(59)63-32-45(38-66)33-64(65(63)58-31-43(5)67-44(6)68-58)70-61-29-25-52(48-19-11-41(3)12-20-48)36-56(61)57-37-53(26-30-62(57)70)49-21-13-42(4)14-22-49/h7-37H,1-6H3. The summed E-state index contributed by atoms with van der Waals surface area (Å²) in [5.41, 5.74) is 23.0. The molecule has 3 aromatic heterocycles. The van der Waals surface area contributed by atoms with Crippen molar-refractivity contribution >= 4 is 43.6 Å². The second-order valence-corrected chi connectivity index (χ2v) is 19.0. The molecule has 0 saturated carbocycles. The van der Waals surface area contributed by atoms with E-state index in [1.165, 1.54) is 22.3 Å². The number of fused-ring (bicyclic) bond motifs is 6. The van der Waals surface area contributed by atoms with E-state index < -0.39 is 0 Å². The third-order valence-electron chi connectivity index (χ3n) is 14.0. The van der Waals surface area contributed by atoms with Crippen LogP contribution in [0.2, 0.25) is 0 Å². The number of hydrogen-bond donors (Lipinski definition) is 0. The fourth-order valence-corrected chi connectivity index (χ4v) is 10.4. The van der Waals surface area contributed by atoms with Crippen molar-refractivity contribution in [1.82, 2.24) is 19.1 Å². The van der Waals surface area contributed by atoms with E-state index in [1.54, 1.807) is 0 Å². The summed E-state index contributed by atoms with van der Waals surface area (Å²) in [4.78, 5) is 10.0. The molecule has 0 aliphatic carbocycles. The van der Waals surface area contributed by atoms with Crippen LogP contribution in [0, 0.1) is 52.9 Å². The molecule has 5 heteroatoms. The molecule has 5 nitrogen and oxygen atoms in total. The summed E-state index contributed by atoms with van der Waals surface area (Å²) in [6.07, 6.45) is 0. The summed E-state index contributed by atoms with van der Waals surface area (Å²) >= 11 is 0. The SMILES string of the molecule is Cc1ccc(-c2ccc3c(c2)c2cc(-c4ccc(C)cc4)ccc2n3-c2cc(C#N)cc(-n3c4ccc(-c5ccc(C)cc5)cc4c4cc(-c5ccc(C)cc5)ccc43)c2-c2cc(C)nc(C)n2)cc1. The Morgan fingerprint density at radius 2 is 0.643 bits per heavy atom. The van der Waals surface area contributed by atoms with Gasteiger partial charge < -0.3 is 9.13 Å². The average molecular weight is 900 g/mol. The lowest BCUT2D eigenvalue weighted by Gasteiger charge is -2.21. The van der Waals surface area contributed by atoms with E-state index in [0.717, 1.165) is 116 Å². The van der Waals surface area contributed by atoms with Crippen molar-refractivity contribution in [2.75, 3.05) is 0 Å². The summed E-state index contributed by atoms with van der Waals surface area (Å²) in [6, 6.07) is 71.0. The highest BCUT2D eigenvalue weighted by atomic mass is 15.0. The third-order valence-corrected chi connectivity index (χ3v) is 14.0. The minimum Gasteiger partial charge on any atom is -0.308 e. The van der Waals surface area contributed by atoms with Crippen LogP contribution < -0.4 is 0 Å². The first-order valence-corrected chi connectivity index (χ1v) is 23.9. The van der Waals surface area contributed by atoms with E-state index in [0.29, 0.717) is 11.4 Å². The summed E-state index contributed by atoms with van der Waals surface area (Å²) < 4.78 is 4.71. The van der Waals surface area contributed by atoms with Gasteiger partial charge in [0.05, 0.1) is 50.8 Å². The van der Waals surface area contributed by atoms with Crippen LogP contribution in [0.5, 0.6) is 0 Å². The Bertz CT molecular complexity index is 3630. The van der Waals surface area contributed by atoms with Gasteiger partial charge >= 0.3 is 0 Å². The molecule has 0 amide bonds. The predicted molar refractivity (Wildman–Crippen MR) is 291 cm³/mol. The lowest BCUT2D eigenvalue weighted by Crippen LogP contribution is -2.07. The second kappa shape index (κ2) is 16.7. The van der Waals surface area contributed by atoms with Gasteiger partial charge in [0, 0.05) is 32.8 Å². The van der Waals surface area contributed by atoms with E-state index >= 15 is 0 Å². The quantitative estimate of drug-likeness (QED) is 0.160. The van der Waals surface area contributed by atoms with Gasteiger partial charge in [0.1, 0.15) is 5.82 Å². The smallest absolute Gasteiger partial charge is 0.126 e. The van der Waals surface area contributed by atoms with Crippen LogP contribution in [0.25, 0.3) is 111 Å². The number of hydrogen-bond acceptors (Lipinski definition) is 3. The number of benzene rings is 9. The summed E-state index contributed by atoms with van der Waals surface area (Å²) in [7, 11) is 0. The Morgan fingerprint density at radius 3 is 0.929 bits per heavy atom. The van der Waals surface area contributed by atoms with Gasteiger partial charge in [-0.15, -0.1) is 0 Å². The van der Waals surface area contributed by atoms with Crippen molar-refractivity contribution in [3.63, 3.8) is 0 Å². The van der Waals surface area contributed by atoms with Crippen molar-refractivity contribution in [2.24, 2.45) is 0 Å². The van der Waals surface area contributed by atoms with Gasteiger partial charge in [-0.3, -0.25) is 0 Å². The Balaban J connectivity index is 1.19. The van der Waals surface area contributed by atoms with Gasteiger partial charge in [0.2, 0.25) is 0 Å². The monoisotopic (exact) mass is 899 g/mol. The van der Waals surface area contributed by atoms with Gasteiger partial charge in [-0.2, -0.15) is 5.26 Å². The normalized spacial score (nSPS) is 11.6. The summed E-state index contributed by atoms with van der Waals surface area (Å²) in [5, 5.41) is 15.6. The lowest BCUT2D eigenvalue weighted by atomic mass is 9.99. The Kier molecular flexibility index (Phi) is 10.2. The molecular weight excluding hydrogens is 851 g/mol. The molecule has 12 aromatic rings. The van der Waals surface area contributed by atoms with Crippen LogP contribution in [0.1, 0.15) is 39.3 Å². The first-order chi connectivity index (χ1) is 34.1. The Morgan fingerprint density at radius 1 is 0.343 bits per heavy atom. The molecule has 0 bridgehead atoms. The first kappa shape index (κ1) is 42.5. The van der Waals surface area contributed by atoms with E-state index in [2.05, 4.69) is 219 Å². The maximum Gasteiger partial charge on any atom is 0.126 e. The fraction of sp³-hybridized carbons (Fsp3) is 0.0923. The molecule has 0 spiro atoms. The van der Waals surface area contributed by atoms with E-state index in [-0.39, 0.29) is 0 Å². The molecule has 9 aromatic carbocycles. The fourth-order valence-electron chi connectivity index (χ4n) is 10.4. The van der Waals surface area contributed by atoms with Crippen LogP contribution in [-0.4, -0.2) is 19.1 Å². The van der Waals surface area contributed by atoms with E-state index in [9.17, 15) is 5.26 Å². The Hall–Kier alpha value is -8.85. The molecule has 70 heavy (non-hydrogen) atoms. The molecule has 0 saturated heterocycles. The van der Waals surface area contributed by atoms with Crippen molar-refractivity contribution < 1.29 is 0 Å². The van der Waals surface area contributed by atoms with Crippen molar-refractivity contribution in [3.05, 3.63) is 227 Å². The van der Waals surface area contributed by atoms with Gasteiger partial charge in [-0.25, -0.2) is 9.97 Å². The minimum absolute atomic E-state index is 0.543. The topological polar surface area (TPSA) is 59.4 Å². The summed E-state index contributed by atoms with van der Waals surface area (Å²) in [6.45, 7) is 12.5. The maximum absolute atomic E-state index is 11.1. The molecule has 334 valence electrons. The number of nitriles is 1. The van der Waals surface area contributed by atoms with Crippen LogP contribution in [0.15, 0.2) is 188 Å². The molecule has 12 rings (SSSR count). The molecule has 0 fully saturated rings. The highest BCUT2D eigenvalue weighted by Crippen LogP contribution is 2.45. The highest BCUT2D eigenvalue weighted by Gasteiger charge is 2.25. The molecule has 3 heterocycles. The number of nitrogens with zero attached hydrogens (tertiary/aromatic N) is 5. The van der Waals surface area contributed by atoms with Crippen LogP contribution in [-0.2, 0) is 0 Å². The van der Waals surface area contributed by atoms with Crippen LogP contribution in [0.4, 0.5) is 0 Å². The summed E-state index contributed by atoms with van der Waals surface area (Å²) in [5.74, 6) is 0.677. The van der Waals surface area contributed by atoms with E-state index in [4.69, 9.17) is 9.97 Å². The zero-order valence-corrected chi connectivity index (χ0v) is 40.1. The first-order valence-electron chi connectivity index (χ1n) is 23.9. The van der Waals surface area contributed by atoms with Gasteiger partial charge in [-0.05, 0) is 153 Å². The molecule has 0 N–H and O–H groups in total. The second-order valence-electron chi connectivity index (χ2n) is 19.0. The number of aromatic nitrogens is 4. The molecule has 0 radical (unpaired) electrons. The third kappa shape index (κ3) is 7.33. The van der Waals surface area contributed by atoms with Gasteiger partial charge in [0.25, 0.3) is 0 Å². The van der Waals surface area contributed by atoms with Crippen LogP contribution >= 0.6 is 0 Å². The maximum atomic E-state index is 11.1. The van der Waals surface area contributed by atoms with Crippen LogP contribution in [0.3, 0.4) is 0 Å². The van der Waals surface area contributed by atoms with Crippen molar-refractivity contribution in [3.8, 4) is 73.2 Å². The zero-order valence-electron chi connectivity index (χ0n) is 40.1. The minimum atomic E-state index is 0.543. The average Bonchev–Trinajstić information content (AvgIpc) is 3.87. The van der Waals surface area contributed by atoms with Crippen molar-refractivity contribution in [2.45, 2.75) is 41.5 Å².